The van der Waals surface area contributed by atoms with E-state index in [1.54, 1.807) is 48.5 Å². The first-order valence-corrected chi connectivity index (χ1v) is 7.57. The second-order valence-corrected chi connectivity index (χ2v) is 5.49. The van der Waals surface area contributed by atoms with Crippen LogP contribution in [0.5, 0.6) is 0 Å². The zero-order valence-electron chi connectivity index (χ0n) is 12.7. The quantitative estimate of drug-likeness (QED) is 0.561. The molecule has 3 aromatic carbocycles. The summed E-state index contributed by atoms with van der Waals surface area (Å²) in [7, 11) is 0. The molecular formula is C20H13FN2O. The normalized spacial score (nSPS) is 10.9. The number of hydrogen-bond donors (Lipinski definition) is 1. The highest BCUT2D eigenvalue weighted by Crippen LogP contribution is 2.24. The Morgan fingerprint density at radius 1 is 0.875 bits per heavy atom. The second kappa shape index (κ2) is 5.74. The number of imidazole rings is 1. The molecule has 3 nitrogen and oxygen atoms in total. The molecule has 0 spiro atoms. The third-order valence-corrected chi connectivity index (χ3v) is 3.91. The van der Waals surface area contributed by atoms with Crippen molar-refractivity contribution in [1.82, 2.24) is 9.97 Å². The van der Waals surface area contributed by atoms with Crippen LogP contribution in [0.15, 0.2) is 72.8 Å². The van der Waals surface area contributed by atoms with Crippen LogP contribution in [0.4, 0.5) is 4.39 Å². The van der Waals surface area contributed by atoms with Crippen molar-refractivity contribution in [3.8, 4) is 11.4 Å². The van der Waals surface area contributed by atoms with E-state index in [0.29, 0.717) is 33.5 Å². The number of carbonyl (C=O) groups excluding carboxylic acids is 1. The Hall–Kier alpha value is -3.27. The van der Waals surface area contributed by atoms with Gasteiger partial charge in [0, 0.05) is 11.1 Å². The van der Waals surface area contributed by atoms with Crippen LogP contribution >= 0.6 is 0 Å². The highest BCUT2D eigenvalue weighted by atomic mass is 19.1. The lowest BCUT2D eigenvalue weighted by molar-refractivity contribution is 0.103. The fourth-order valence-electron chi connectivity index (χ4n) is 2.69. The van der Waals surface area contributed by atoms with Gasteiger partial charge in [0.15, 0.2) is 5.78 Å². The van der Waals surface area contributed by atoms with Crippen LogP contribution in [0.1, 0.15) is 15.9 Å². The molecule has 0 aliphatic rings. The highest BCUT2D eigenvalue weighted by Gasteiger charge is 2.13. The first-order chi connectivity index (χ1) is 11.7. The molecule has 1 N–H and O–H groups in total. The maximum Gasteiger partial charge on any atom is 0.193 e. The van der Waals surface area contributed by atoms with Gasteiger partial charge < -0.3 is 4.98 Å². The summed E-state index contributed by atoms with van der Waals surface area (Å²) < 4.78 is 13.9. The Balaban J connectivity index is 1.77. The molecule has 0 amide bonds. The minimum absolute atomic E-state index is 0.0560. The van der Waals surface area contributed by atoms with Crippen molar-refractivity contribution in [3.63, 3.8) is 0 Å². The van der Waals surface area contributed by atoms with Crippen LogP contribution in [-0.4, -0.2) is 15.8 Å². The number of benzene rings is 3. The molecule has 1 aromatic heterocycles. The van der Waals surface area contributed by atoms with E-state index in [1.807, 2.05) is 18.2 Å². The minimum atomic E-state index is -0.336. The Morgan fingerprint density at radius 3 is 2.42 bits per heavy atom. The van der Waals surface area contributed by atoms with Gasteiger partial charge in [0.05, 0.1) is 16.6 Å². The Labute approximate surface area is 137 Å². The molecule has 0 unspecified atom stereocenters. The van der Waals surface area contributed by atoms with Crippen LogP contribution < -0.4 is 0 Å². The number of nitrogens with zero attached hydrogens (tertiary/aromatic N) is 1. The molecule has 4 heteroatoms. The number of rotatable bonds is 3. The summed E-state index contributed by atoms with van der Waals surface area (Å²) >= 11 is 0. The number of aromatic nitrogens is 2. The van der Waals surface area contributed by atoms with Crippen LogP contribution in [0.25, 0.3) is 22.4 Å². The molecule has 4 aromatic rings. The molecule has 116 valence electrons. The first-order valence-electron chi connectivity index (χ1n) is 7.57. The lowest BCUT2D eigenvalue weighted by Crippen LogP contribution is -2.00. The fraction of sp³-hybridized carbons (Fsp3) is 0. The summed E-state index contributed by atoms with van der Waals surface area (Å²) in [6.07, 6.45) is 0. The Kier molecular flexibility index (Phi) is 3.43. The molecule has 0 radical (unpaired) electrons. The molecule has 0 bridgehead atoms. The topological polar surface area (TPSA) is 45.8 Å². The highest BCUT2D eigenvalue weighted by molar-refractivity contribution is 6.10. The van der Waals surface area contributed by atoms with Gasteiger partial charge in [-0.1, -0.05) is 42.5 Å². The number of aromatic amines is 1. The second-order valence-electron chi connectivity index (χ2n) is 5.49. The van der Waals surface area contributed by atoms with Crippen LogP contribution in [0, 0.1) is 5.82 Å². The summed E-state index contributed by atoms with van der Waals surface area (Å²) in [5.41, 5.74) is 3.00. The smallest absolute Gasteiger partial charge is 0.193 e. The van der Waals surface area contributed by atoms with Gasteiger partial charge in [-0.2, -0.15) is 0 Å². The van der Waals surface area contributed by atoms with E-state index in [2.05, 4.69) is 9.97 Å². The van der Waals surface area contributed by atoms with E-state index in [-0.39, 0.29) is 11.6 Å². The van der Waals surface area contributed by atoms with Gasteiger partial charge in [0.2, 0.25) is 0 Å². The number of nitrogens with one attached hydrogen (secondary N) is 1. The summed E-state index contributed by atoms with van der Waals surface area (Å²) in [5, 5.41) is 0. The first kappa shape index (κ1) is 14.3. The number of fused-ring (bicyclic) bond motifs is 1. The van der Waals surface area contributed by atoms with Gasteiger partial charge in [-0.25, -0.2) is 9.37 Å². The van der Waals surface area contributed by atoms with E-state index in [9.17, 15) is 9.18 Å². The molecule has 0 saturated carbocycles. The van der Waals surface area contributed by atoms with Crippen molar-refractivity contribution in [2.75, 3.05) is 0 Å². The maximum absolute atomic E-state index is 13.9. The van der Waals surface area contributed by atoms with E-state index in [1.165, 1.54) is 6.07 Å². The van der Waals surface area contributed by atoms with Gasteiger partial charge >= 0.3 is 0 Å². The minimum Gasteiger partial charge on any atom is -0.338 e. The van der Waals surface area contributed by atoms with Gasteiger partial charge in [-0.15, -0.1) is 0 Å². The number of ketones is 1. The largest absolute Gasteiger partial charge is 0.338 e. The van der Waals surface area contributed by atoms with Crippen LogP contribution in [0.3, 0.4) is 0 Å². The predicted octanol–water partition coefficient (Wildman–Crippen LogP) is 4.60. The number of halogens is 1. The Morgan fingerprint density at radius 2 is 1.62 bits per heavy atom. The summed E-state index contributed by atoms with van der Waals surface area (Å²) in [5.74, 6) is 0.0593. The maximum atomic E-state index is 13.9. The zero-order chi connectivity index (χ0) is 16.5. The molecule has 4 rings (SSSR count). The van der Waals surface area contributed by atoms with E-state index in [4.69, 9.17) is 0 Å². The number of carbonyl (C=O) groups is 1. The molecule has 24 heavy (non-hydrogen) atoms. The third-order valence-electron chi connectivity index (χ3n) is 3.91. The summed E-state index contributed by atoms with van der Waals surface area (Å²) in [4.78, 5) is 20.0. The average molecular weight is 316 g/mol. The van der Waals surface area contributed by atoms with Crippen molar-refractivity contribution >= 4 is 16.8 Å². The van der Waals surface area contributed by atoms with Crippen molar-refractivity contribution in [2.45, 2.75) is 0 Å². The lowest BCUT2D eigenvalue weighted by atomic mass is 10.0. The van der Waals surface area contributed by atoms with E-state index >= 15 is 0 Å². The molecule has 1 heterocycles. The van der Waals surface area contributed by atoms with Crippen LogP contribution in [-0.2, 0) is 0 Å². The van der Waals surface area contributed by atoms with E-state index in [0.717, 1.165) is 0 Å². The van der Waals surface area contributed by atoms with Gasteiger partial charge in [0.1, 0.15) is 11.6 Å². The van der Waals surface area contributed by atoms with Gasteiger partial charge in [0.25, 0.3) is 0 Å². The molecule has 0 aliphatic heterocycles. The molecule has 0 atom stereocenters. The van der Waals surface area contributed by atoms with Crippen molar-refractivity contribution in [1.29, 1.82) is 0 Å². The third kappa shape index (κ3) is 2.48. The monoisotopic (exact) mass is 316 g/mol. The van der Waals surface area contributed by atoms with Crippen molar-refractivity contribution < 1.29 is 9.18 Å². The van der Waals surface area contributed by atoms with Crippen molar-refractivity contribution in [3.05, 3.63) is 89.7 Å². The summed E-state index contributed by atoms with van der Waals surface area (Å²) in [6, 6.07) is 20.8. The molecule has 0 saturated heterocycles. The van der Waals surface area contributed by atoms with Crippen LogP contribution in [0.2, 0.25) is 0 Å². The lowest BCUT2D eigenvalue weighted by Gasteiger charge is -2.00. The molecule has 0 aliphatic carbocycles. The Bertz CT molecular complexity index is 1040. The van der Waals surface area contributed by atoms with E-state index < -0.39 is 0 Å². The number of H-pyrrole nitrogens is 1. The molecular weight excluding hydrogens is 303 g/mol. The standard InChI is InChI=1S/C20H13FN2O/c21-16-9-5-4-8-15(16)20-22-17-11-10-14(12-18(17)23-20)19(24)13-6-2-1-3-7-13/h1-12H,(H,22,23). The molecule has 0 fully saturated rings. The predicted molar refractivity (Wildman–Crippen MR) is 91.4 cm³/mol. The number of hydrogen-bond acceptors (Lipinski definition) is 2. The fourth-order valence-corrected chi connectivity index (χ4v) is 2.69. The summed E-state index contributed by atoms with van der Waals surface area (Å²) in [6.45, 7) is 0. The zero-order valence-corrected chi connectivity index (χ0v) is 12.7. The van der Waals surface area contributed by atoms with Gasteiger partial charge in [-0.05, 0) is 30.3 Å². The van der Waals surface area contributed by atoms with Crippen molar-refractivity contribution in [2.24, 2.45) is 0 Å². The van der Waals surface area contributed by atoms with Gasteiger partial charge in [-0.3, -0.25) is 4.79 Å². The SMILES string of the molecule is O=C(c1ccccc1)c1ccc2nc(-c3ccccc3F)[nH]c2c1. The average Bonchev–Trinajstić information content (AvgIpc) is 3.05.